The van der Waals surface area contributed by atoms with Crippen LogP contribution in [0.15, 0.2) is 48.5 Å². The van der Waals surface area contributed by atoms with E-state index < -0.39 is 6.61 Å². The first kappa shape index (κ1) is 21.2. The molecule has 0 aliphatic heterocycles. The molecule has 2 aromatic rings. The molecule has 0 aliphatic carbocycles. The zero-order valence-corrected chi connectivity index (χ0v) is 16.0. The molecule has 0 bridgehead atoms. The van der Waals surface area contributed by atoms with E-state index in [9.17, 15) is 13.6 Å². The van der Waals surface area contributed by atoms with E-state index in [2.05, 4.69) is 4.74 Å². The number of carbonyl (C=O) groups is 1. The molecule has 0 aromatic heterocycles. The van der Waals surface area contributed by atoms with Crippen LogP contribution in [0.2, 0.25) is 0 Å². The molecule has 0 radical (unpaired) electrons. The van der Waals surface area contributed by atoms with Crippen molar-refractivity contribution in [3.8, 4) is 17.2 Å². The number of methoxy groups -OCH3 is 2. The lowest BCUT2D eigenvalue weighted by molar-refractivity contribution is -0.124. The summed E-state index contributed by atoms with van der Waals surface area (Å²) in [7, 11) is 4.87. The Morgan fingerprint density at radius 1 is 1.07 bits per heavy atom. The number of carbonyl (C=O) groups excluding carboxylic acids is 1. The molecule has 0 N–H and O–H groups in total. The quantitative estimate of drug-likeness (QED) is 0.606. The molecule has 0 saturated heterocycles. The molecule has 0 unspecified atom stereocenters. The highest BCUT2D eigenvalue weighted by molar-refractivity contribution is 5.91. The first-order valence-corrected chi connectivity index (χ1v) is 8.62. The van der Waals surface area contributed by atoms with Crippen LogP contribution in [0.5, 0.6) is 17.2 Å². The molecule has 28 heavy (non-hydrogen) atoms. The fourth-order valence-electron chi connectivity index (χ4n) is 2.50. The molecule has 0 atom stereocenters. The average Bonchev–Trinajstić information content (AvgIpc) is 2.70. The largest absolute Gasteiger partial charge is 0.493 e. The van der Waals surface area contributed by atoms with E-state index in [-0.39, 0.29) is 11.7 Å². The van der Waals surface area contributed by atoms with Crippen LogP contribution in [0, 0.1) is 0 Å². The van der Waals surface area contributed by atoms with Gasteiger partial charge in [-0.2, -0.15) is 8.78 Å². The standard InChI is InChI=1S/C21H23F2NO4/c1-24(13-12-16-6-10-18(26-2)19(14-16)27-3)20(25)11-7-15-4-8-17(9-5-15)28-21(22)23/h4-11,14,21H,12-13H2,1-3H3/b11-7+. The number of hydrogen-bond acceptors (Lipinski definition) is 4. The zero-order valence-electron chi connectivity index (χ0n) is 16.0. The summed E-state index contributed by atoms with van der Waals surface area (Å²) in [6.45, 7) is -2.33. The summed E-state index contributed by atoms with van der Waals surface area (Å²) in [4.78, 5) is 13.8. The van der Waals surface area contributed by atoms with E-state index >= 15 is 0 Å². The van der Waals surface area contributed by atoms with Crippen LogP contribution >= 0.6 is 0 Å². The summed E-state index contributed by atoms with van der Waals surface area (Å²) in [6, 6.07) is 11.7. The molecular formula is C21H23F2NO4. The van der Waals surface area contributed by atoms with Crippen molar-refractivity contribution in [3.63, 3.8) is 0 Å². The van der Waals surface area contributed by atoms with Crippen LogP contribution in [-0.2, 0) is 11.2 Å². The second-order valence-electron chi connectivity index (χ2n) is 5.98. The fraction of sp³-hybridized carbons (Fsp3) is 0.286. The van der Waals surface area contributed by atoms with E-state index in [1.807, 2.05) is 18.2 Å². The van der Waals surface area contributed by atoms with Gasteiger partial charge in [0.15, 0.2) is 11.5 Å². The first-order chi connectivity index (χ1) is 13.4. The van der Waals surface area contributed by atoms with Crippen molar-refractivity contribution < 1.29 is 27.8 Å². The molecule has 5 nitrogen and oxygen atoms in total. The Hall–Kier alpha value is -3.09. The SMILES string of the molecule is COc1ccc(CCN(C)C(=O)/C=C/c2ccc(OC(F)F)cc2)cc1OC. The van der Waals surface area contributed by atoms with Gasteiger partial charge >= 0.3 is 6.61 Å². The number of benzene rings is 2. The van der Waals surface area contributed by atoms with Gasteiger partial charge in [0.25, 0.3) is 0 Å². The number of nitrogens with zero attached hydrogens (tertiary/aromatic N) is 1. The monoisotopic (exact) mass is 391 g/mol. The minimum atomic E-state index is -2.86. The Labute approximate surface area is 163 Å². The van der Waals surface area contributed by atoms with Gasteiger partial charge < -0.3 is 19.1 Å². The van der Waals surface area contributed by atoms with E-state index in [0.29, 0.717) is 30.0 Å². The van der Waals surface area contributed by atoms with Crippen molar-refractivity contribution in [3.05, 3.63) is 59.7 Å². The molecule has 0 aliphatic rings. The fourth-order valence-corrected chi connectivity index (χ4v) is 2.50. The Bertz CT molecular complexity index is 807. The topological polar surface area (TPSA) is 48.0 Å². The summed E-state index contributed by atoms with van der Waals surface area (Å²) in [5.74, 6) is 1.22. The van der Waals surface area contributed by atoms with Gasteiger partial charge in [-0.1, -0.05) is 18.2 Å². The Morgan fingerprint density at radius 3 is 2.36 bits per heavy atom. The van der Waals surface area contributed by atoms with Gasteiger partial charge in [-0.3, -0.25) is 4.79 Å². The number of amides is 1. The van der Waals surface area contributed by atoms with Crippen LogP contribution < -0.4 is 14.2 Å². The third kappa shape index (κ3) is 6.26. The van der Waals surface area contributed by atoms with Crippen molar-refractivity contribution in [1.82, 2.24) is 4.90 Å². The van der Waals surface area contributed by atoms with Gasteiger partial charge in [0.1, 0.15) is 5.75 Å². The third-order valence-corrected chi connectivity index (χ3v) is 4.08. The van der Waals surface area contributed by atoms with Gasteiger partial charge in [0.2, 0.25) is 5.91 Å². The van der Waals surface area contributed by atoms with Gasteiger partial charge in [-0.15, -0.1) is 0 Å². The van der Waals surface area contributed by atoms with Gasteiger partial charge in [-0.05, 0) is 47.9 Å². The van der Waals surface area contributed by atoms with Crippen LogP contribution in [0.4, 0.5) is 8.78 Å². The summed E-state index contributed by atoms with van der Waals surface area (Å²) in [5, 5.41) is 0. The maximum Gasteiger partial charge on any atom is 0.387 e. The molecule has 7 heteroatoms. The van der Waals surface area contributed by atoms with Crippen LogP contribution in [0.25, 0.3) is 6.08 Å². The molecule has 1 amide bonds. The number of likely N-dealkylation sites (N-methyl/N-ethyl adjacent to an activating group) is 1. The predicted octanol–water partition coefficient (Wildman–Crippen LogP) is 4.02. The number of alkyl halides is 2. The van der Waals surface area contributed by atoms with Crippen molar-refractivity contribution in [2.45, 2.75) is 13.0 Å². The molecule has 2 aromatic carbocycles. The minimum Gasteiger partial charge on any atom is -0.493 e. The lowest BCUT2D eigenvalue weighted by Gasteiger charge is -2.16. The van der Waals surface area contributed by atoms with Gasteiger partial charge in [0, 0.05) is 19.7 Å². The van der Waals surface area contributed by atoms with Crippen molar-refractivity contribution in [2.24, 2.45) is 0 Å². The molecule has 0 fully saturated rings. The smallest absolute Gasteiger partial charge is 0.387 e. The minimum absolute atomic E-state index is 0.0746. The Morgan fingerprint density at radius 2 is 1.75 bits per heavy atom. The number of hydrogen-bond donors (Lipinski definition) is 0. The van der Waals surface area contributed by atoms with Crippen molar-refractivity contribution in [2.75, 3.05) is 27.8 Å². The van der Waals surface area contributed by atoms with E-state index in [1.165, 1.54) is 18.2 Å². The molecule has 0 heterocycles. The highest BCUT2D eigenvalue weighted by atomic mass is 19.3. The zero-order chi connectivity index (χ0) is 20.5. The highest BCUT2D eigenvalue weighted by Crippen LogP contribution is 2.27. The third-order valence-electron chi connectivity index (χ3n) is 4.08. The molecule has 2 rings (SSSR count). The van der Waals surface area contributed by atoms with Gasteiger partial charge in [0.05, 0.1) is 14.2 Å². The molecule has 0 saturated carbocycles. The number of rotatable bonds is 9. The predicted molar refractivity (Wildman–Crippen MR) is 103 cm³/mol. The number of ether oxygens (including phenoxy) is 3. The van der Waals surface area contributed by atoms with Crippen molar-refractivity contribution >= 4 is 12.0 Å². The highest BCUT2D eigenvalue weighted by Gasteiger charge is 2.08. The lowest BCUT2D eigenvalue weighted by Crippen LogP contribution is -2.27. The van der Waals surface area contributed by atoms with Crippen LogP contribution in [0.1, 0.15) is 11.1 Å². The molecule has 0 spiro atoms. The maximum atomic E-state index is 12.2. The summed E-state index contributed by atoms with van der Waals surface area (Å²) < 4.78 is 39.1. The summed E-state index contributed by atoms with van der Waals surface area (Å²) >= 11 is 0. The van der Waals surface area contributed by atoms with E-state index in [1.54, 1.807) is 44.4 Å². The lowest BCUT2D eigenvalue weighted by atomic mass is 10.1. The van der Waals surface area contributed by atoms with Gasteiger partial charge in [-0.25, -0.2) is 0 Å². The first-order valence-electron chi connectivity index (χ1n) is 8.62. The second-order valence-corrected chi connectivity index (χ2v) is 5.98. The Kier molecular flexibility index (Phi) is 7.80. The average molecular weight is 391 g/mol. The normalized spacial score (nSPS) is 10.9. The maximum absolute atomic E-state index is 12.2. The molecule has 150 valence electrons. The van der Waals surface area contributed by atoms with Crippen molar-refractivity contribution in [1.29, 1.82) is 0 Å². The van der Waals surface area contributed by atoms with E-state index in [4.69, 9.17) is 9.47 Å². The summed E-state index contributed by atoms with van der Waals surface area (Å²) in [5.41, 5.74) is 1.74. The Balaban J connectivity index is 1.89. The van der Waals surface area contributed by atoms with E-state index in [0.717, 1.165) is 5.56 Å². The number of halogens is 2. The summed E-state index contributed by atoms with van der Waals surface area (Å²) in [6.07, 6.45) is 3.73. The second kappa shape index (κ2) is 10.3. The van der Waals surface area contributed by atoms with Crippen LogP contribution in [0.3, 0.4) is 0 Å². The molecular weight excluding hydrogens is 368 g/mol. The van der Waals surface area contributed by atoms with Crippen LogP contribution in [-0.4, -0.2) is 45.2 Å².